The van der Waals surface area contributed by atoms with E-state index in [1.807, 2.05) is 51.1 Å². The number of halogens is 1. The standard InChI is InChI=1S/C23H31N7O.HI/c1-4-24-23(26-15-13-22(31)29-21-12-7-9-17(2)27-21)25-14-8-16-30-18(3)28-19-10-5-6-11-20(19)30;/h5-7,9-12H,4,8,13-16H2,1-3H3,(H2,24,25,26)(H,27,29,31);1H. The summed E-state index contributed by atoms with van der Waals surface area (Å²) in [6.07, 6.45) is 1.23. The predicted octanol–water partition coefficient (Wildman–Crippen LogP) is 3.64. The molecule has 0 radical (unpaired) electrons. The molecule has 172 valence electrons. The average molecular weight is 549 g/mol. The van der Waals surface area contributed by atoms with Crippen molar-refractivity contribution in [3.8, 4) is 0 Å². The van der Waals surface area contributed by atoms with Crippen LogP contribution in [0.25, 0.3) is 11.0 Å². The summed E-state index contributed by atoms with van der Waals surface area (Å²) in [5.41, 5.74) is 3.05. The van der Waals surface area contributed by atoms with Crippen LogP contribution in [0.2, 0.25) is 0 Å². The van der Waals surface area contributed by atoms with Gasteiger partial charge in [0, 0.05) is 38.3 Å². The van der Waals surface area contributed by atoms with E-state index in [9.17, 15) is 4.79 Å². The van der Waals surface area contributed by atoms with Crippen LogP contribution in [0, 0.1) is 13.8 Å². The Labute approximate surface area is 206 Å². The number of hydrogen-bond donors (Lipinski definition) is 3. The number of pyridine rings is 1. The molecule has 2 heterocycles. The first-order valence-electron chi connectivity index (χ1n) is 10.7. The molecule has 0 spiro atoms. The number of hydrogen-bond acceptors (Lipinski definition) is 4. The van der Waals surface area contributed by atoms with Crippen molar-refractivity contribution in [2.24, 2.45) is 4.99 Å². The van der Waals surface area contributed by atoms with Gasteiger partial charge in [-0.15, -0.1) is 24.0 Å². The van der Waals surface area contributed by atoms with E-state index >= 15 is 0 Å². The minimum atomic E-state index is -0.0797. The highest BCUT2D eigenvalue weighted by molar-refractivity contribution is 14.0. The summed E-state index contributed by atoms with van der Waals surface area (Å²) in [5.74, 6) is 2.23. The summed E-state index contributed by atoms with van der Waals surface area (Å²) >= 11 is 0. The molecule has 32 heavy (non-hydrogen) atoms. The van der Waals surface area contributed by atoms with Crippen LogP contribution < -0.4 is 16.0 Å². The lowest BCUT2D eigenvalue weighted by Gasteiger charge is -2.12. The van der Waals surface area contributed by atoms with Crippen LogP contribution in [-0.4, -0.2) is 46.0 Å². The maximum absolute atomic E-state index is 12.1. The van der Waals surface area contributed by atoms with Crippen LogP contribution >= 0.6 is 24.0 Å². The number of aromatic nitrogens is 3. The van der Waals surface area contributed by atoms with Crippen molar-refractivity contribution in [3.05, 3.63) is 54.0 Å². The number of aryl methyl sites for hydroxylation is 3. The van der Waals surface area contributed by atoms with Crippen LogP contribution in [-0.2, 0) is 11.3 Å². The minimum Gasteiger partial charge on any atom is -0.357 e. The highest BCUT2D eigenvalue weighted by atomic mass is 127. The first-order valence-corrected chi connectivity index (χ1v) is 10.7. The van der Waals surface area contributed by atoms with Gasteiger partial charge in [-0.2, -0.15) is 0 Å². The maximum atomic E-state index is 12.1. The first-order chi connectivity index (χ1) is 15.1. The summed E-state index contributed by atoms with van der Waals surface area (Å²) in [4.78, 5) is 25.7. The summed E-state index contributed by atoms with van der Waals surface area (Å²) in [5, 5.41) is 9.26. The van der Waals surface area contributed by atoms with E-state index in [4.69, 9.17) is 0 Å². The first kappa shape index (κ1) is 25.6. The summed E-state index contributed by atoms with van der Waals surface area (Å²) in [6.45, 7) is 8.75. The third-order valence-electron chi connectivity index (χ3n) is 4.80. The maximum Gasteiger partial charge on any atom is 0.227 e. The molecular formula is C23H32IN7O. The zero-order valence-electron chi connectivity index (χ0n) is 18.9. The predicted molar refractivity (Wildman–Crippen MR) is 141 cm³/mol. The fourth-order valence-corrected chi connectivity index (χ4v) is 3.35. The largest absolute Gasteiger partial charge is 0.357 e. The Morgan fingerprint density at radius 1 is 1.06 bits per heavy atom. The normalized spacial score (nSPS) is 11.2. The topological polar surface area (TPSA) is 96.2 Å². The van der Waals surface area contributed by atoms with E-state index < -0.39 is 0 Å². The van der Waals surface area contributed by atoms with Crippen molar-refractivity contribution in [1.82, 2.24) is 25.2 Å². The number of para-hydroxylation sites is 2. The van der Waals surface area contributed by atoms with E-state index in [0.29, 0.717) is 25.3 Å². The molecule has 0 aliphatic heterocycles. The number of aliphatic imine (C=N–C) groups is 1. The van der Waals surface area contributed by atoms with Gasteiger partial charge in [-0.05, 0) is 51.5 Å². The lowest BCUT2D eigenvalue weighted by Crippen LogP contribution is -2.38. The van der Waals surface area contributed by atoms with Crippen LogP contribution in [0.15, 0.2) is 47.5 Å². The molecule has 2 aromatic heterocycles. The molecular weight excluding hydrogens is 517 g/mol. The molecule has 3 N–H and O–H groups in total. The van der Waals surface area contributed by atoms with Crippen LogP contribution in [0.3, 0.4) is 0 Å². The third-order valence-corrected chi connectivity index (χ3v) is 4.80. The molecule has 0 saturated heterocycles. The number of amides is 1. The minimum absolute atomic E-state index is 0. The number of carbonyl (C=O) groups is 1. The molecule has 0 fully saturated rings. The van der Waals surface area contributed by atoms with E-state index in [2.05, 4.69) is 41.5 Å². The quantitative estimate of drug-likeness (QED) is 0.164. The second kappa shape index (κ2) is 13.0. The molecule has 0 aliphatic rings. The van der Waals surface area contributed by atoms with E-state index in [1.165, 1.54) is 0 Å². The number of imidazole rings is 1. The van der Waals surface area contributed by atoms with Gasteiger partial charge in [0.25, 0.3) is 0 Å². The Hall–Kier alpha value is -2.69. The number of carbonyl (C=O) groups excluding carboxylic acids is 1. The van der Waals surface area contributed by atoms with Crippen molar-refractivity contribution in [2.75, 3.05) is 25.0 Å². The third kappa shape index (κ3) is 7.47. The Morgan fingerprint density at radius 3 is 2.66 bits per heavy atom. The molecule has 0 unspecified atom stereocenters. The van der Waals surface area contributed by atoms with Gasteiger partial charge in [0.2, 0.25) is 5.91 Å². The van der Waals surface area contributed by atoms with E-state index in [0.717, 1.165) is 48.0 Å². The van der Waals surface area contributed by atoms with Crippen LogP contribution in [0.1, 0.15) is 31.3 Å². The van der Waals surface area contributed by atoms with E-state index in [1.54, 1.807) is 6.07 Å². The van der Waals surface area contributed by atoms with Gasteiger partial charge in [-0.3, -0.25) is 9.79 Å². The van der Waals surface area contributed by atoms with Crippen LogP contribution in [0.5, 0.6) is 0 Å². The van der Waals surface area contributed by atoms with Crippen molar-refractivity contribution in [2.45, 2.75) is 40.2 Å². The number of nitrogens with zero attached hydrogens (tertiary/aromatic N) is 4. The Morgan fingerprint density at radius 2 is 1.88 bits per heavy atom. The van der Waals surface area contributed by atoms with Crippen LogP contribution in [0.4, 0.5) is 5.82 Å². The highest BCUT2D eigenvalue weighted by Crippen LogP contribution is 2.15. The molecule has 1 amide bonds. The Balaban J connectivity index is 0.00000363. The summed E-state index contributed by atoms with van der Waals surface area (Å²) in [6, 6.07) is 13.7. The van der Waals surface area contributed by atoms with Crippen molar-refractivity contribution >= 4 is 52.7 Å². The lowest BCUT2D eigenvalue weighted by molar-refractivity contribution is -0.116. The van der Waals surface area contributed by atoms with Gasteiger partial charge < -0.3 is 20.5 Å². The second-order valence-corrected chi connectivity index (χ2v) is 7.30. The van der Waals surface area contributed by atoms with E-state index in [-0.39, 0.29) is 29.9 Å². The zero-order valence-corrected chi connectivity index (χ0v) is 21.2. The number of nitrogens with one attached hydrogen (secondary N) is 3. The highest BCUT2D eigenvalue weighted by Gasteiger charge is 2.07. The molecule has 1 aromatic carbocycles. The number of fused-ring (bicyclic) bond motifs is 1. The number of guanidine groups is 1. The SMILES string of the molecule is CCNC(=NCCCn1c(C)nc2ccccc21)NCCC(=O)Nc1cccc(C)n1.I. The van der Waals surface area contributed by atoms with Gasteiger partial charge in [-0.25, -0.2) is 9.97 Å². The number of rotatable bonds is 9. The summed E-state index contributed by atoms with van der Waals surface area (Å²) < 4.78 is 2.23. The fraction of sp³-hybridized carbons (Fsp3) is 0.391. The molecule has 8 nitrogen and oxygen atoms in total. The lowest BCUT2D eigenvalue weighted by atomic mass is 10.3. The van der Waals surface area contributed by atoms with Gasteiger partial charge in [0.1, 0.15) is 11.6 Å². The zero-order chi connectivity index (χ0) is 22.1. The van der Waals surface area contributed by atoms with Gasteiger partial charge in [-0.1, -0.05) is 18.2 Å². The second-order valence-electron chi connectivity index (χ2n) is 7.30. The molecule has 9 heteroatoms. The summed E-state index contributed by atoms with van der Waals surface area (Å²) in [7, 11) is 0. The average Bonchev–Trinajstić information content (AvgIpc) is 3.06. The van der Waals surface area contributed by atoms with Gasteiger partial charge in [0.05, 0.1) is 11.0 Å². The monoisotopic (exact) mass is 549 g/mol. The Bertz CT molecular complexity index is 1050. The smallest absolute Gasteiger partial charge is 0.227 e. The van der Waals surface area contributed by atoms with Crippen molar-refractivity contribution < 1.29 is 4.79 Å². The van der Waals surface area contributed by atoms with Gasteiger partial charge in [0.15, 0.2) is 5.96 Å². The molecule has 3 aromatic rings. The fourth-order valence-electron chi connectivity index (χ4n) is 3.35. The molecule has 3 rings (SSSR count). The van der Waals surface area contributed by atoms with Crippen molar-refractivity contribution in [1.29, 1.82) is 0 Å². The van der Waals surface area contributed by atoms with Crippen molar-refractivity contribution in [3.63, 3.8) is 0 Å². The molecule has 0 atom stereocenters. The molecule has 0 bridgehead atoms. The molecule has 0 saturated carbocycles. The Kier molecular flexibility index (Phi) is 10.4. The molecule has 0 aliphatic carbocycles. The number of anilines is 1. The number of benzene rings is 1. The van der Waals surface area contributed by atoms with Gasteiger partial charge >= 0.3 is 0 Å².